The lowest BCUT2D eigenvalue weighted by Crippen LogP contribution is -2.40. The fraction of sp³-hybridized carbons (Fsp3) is 0.750. The van der Waals surface area contributed by atoms with E-state index in [1.807, 2.05) is 21.1 Å². The monoisotopic (exact) mass is 205 g/mol. The van der Waals surface area contributed by atoms with E-state index in [2.05, 4.69) is 10.1 Å². The summed E-state index contributed by atoms with van der Waals surface area (Å²) in [7, 11) is 6.90. The first kappa shape index (κ1) is 12.7. The molecule has 0 radical (unpaired) electrons. The fourth-order valence-electron chi connectivity index (χ4n) is 0.520. The third-order valence-corrected chi connectivity index (χ3v) is 1.19. The zero-order valence-electron chi connectivity index (χ0n) is 8.99. The number of hydrogen-bond acceptors (Lipinski definition) is 4. The molecule has 0 fully saturated rings. The summed E-state index contributed by atoms with van der Waals surface area (Å²) in [6.07, 6.45) is -0.622. The average Bonchev–Trinajstić information content (AvgIpc) is 2.09. The molecule has 0 aromatic rings. The van der Waals surface area contributed by atoms with Crippen molar-refractivity contribution in [2.24, 2.45) is 0 Å². The Bertz CT molecular complexity index is 210. The lowest BCUT2D eigenvalue weighted by atomic mass is 10.6. The lowest BCUT2D eigenvalue weighted by Gasteiger charge is -2.22. The van der Waals surface area contributed by atoms with Crippen molar-refractivity contribution in [1.82, 2.24) is 5.32 Å². The second-order valence-electron chi connectivity index (χ2n) is 3.78. The van der Waals surface area contributed by atoms with Gasteiger partial charge in [0.05, 0.1) is 28.3 Å². The first-order valence-corrected chi connectivity index (χ1v) is 4.13. The average molecular weight is 205 g/mol. The summed E-state index contributed by atoms with van der Waals surface area (Å²) in [6, 6.07) is 0. The second-order valence-corrected chi connectivity index (χ2v) is 3.78. The highest BCUT2D eigenvalue weighted by atomic mass is 16.6. The van der Waals surface area contributed by atoms with Crippen LogP contribution < -0.4 is 5.32 Å². The molecular weight excluding hydrogens is 188 g/mol. The maximum atomic E-state index is 11.0. The van der Waals surface area contributed by atoms with Gasteiger partial charge in [-0.25, -0.2) is 4.79 Å². The van der Waals surface area contributed by atoms with Crippen LogP contribution >= 0.6 is 0 Å². The maximum absolute atomic E-state index is 11.0. The molecule has 0 rings (SSSR count). The Kier molecular flexibility index (Phi) is 4.93. The van der Waals surface area contributed by atoms with Gasteiger partial charge in [-0.3, -0.25) is 9.28 Å². The molecular formula is C8H17N2O4+. The number of carbonyl (C=O) groups is 2. The molecule has 6 nitrogen and oxygen atoms in total. The zero-order chi connectivity index (χ0) is 11.2. The first-order valence-electron chi connectivity index (χ1n) is 4.13. The molecule has 0 saturated heterocycles. The Morgan fingerprint density at radius 3 is 2.29 bits per heavy atom. The van der Waals surface area contributed by atoms with E-state index in [0.717, 1.165) is 0 Å². The van der Waals surface area contributed by atoms with Crippen molar-refractivity contribution in [1.29, 1.82) is 0 Å². The molecule has 82 valence electrons. The van der Waals surface area contributed by atoms with Gasteiger partial charge in [0.1, 0.15) is 6.54 Å². The molecule has 0 unspecified atom stereocenters. The quantitative estimate of drug-likeness (QED) is 0.383. The fourth-order valence-corrected chi connectivity index (χ4v) is 0.520. The van der Waals surface area contributed by atoms with Gasteiger partial charge in [-0.15, -0.1) is 0 Å². The van der Waals surface area contributed by atoms with Crippen LogP contribution in [0, 0.1) is 0 Å². The number of carbonyl (C=O) groups excluding carboxylic acids is 2. The van der Waals surface area contributed by atoms with E-state index in [-0.39, 0.29) is 13.3 Å². The van der Waals surface area contributed by atoms with Crippen LogP contribution in [-0.4, -0.2) is 58.1 Å². The number of alkyl carbamates (subject to hydrolysis) is 1. The van der Waals surface area contributed by atoms with Crippen LogP contribution in [0.25, 0.3) is 0 Å². The van der Waals surface area contributed by atoms with Gasteiger partial charge in [0, 0.05) is 0 Å². The highest BCUT2D eigenvalue weighted by Crippen LogP contribution is 1.90. The first-order chi connectivity index (χ1) is 6.35. The SMILES string of the molecule is COC(=O)CNC(=O)OC[N+](C)(C)C. The van der Waals surface area contributed by atoms with Crippen molar-refractivity contribution in [2.75, 3.05) is 41.5 Å². The maximum Gasteiger partial charge on any atom is 0.411 e. The number of methoxy groups -OCH3 is 1. The smallest absolute Gasteiger partial charge is 0.411 e. The van der Waals surface area contributed by atoms with E-state index in [4.69, 9.17) is 4.74 Å². The summed E-state index contributed by atoms with van der Waals surface area (Å²) >= 11 is 0. The van der Waals surface area contributed by atoms with Crippen molar-refractivity contribution in [3.8, 4) is 0 Å². The molecule has 0 aliphatic heterocycles. The number of ether oxygens (including phenoxy) is 2. The summed E-state index contributed by atoms with van der Waals surface area (Å²) in [4.78, 5) is 21.6. The van der Waals surface area contributed by atoms with Crippen LogP contribution in [0.15, 0.2) is 0 Å². The van der Waals surface area contributed by atoms with Crippen molar-refractivity contribution in [3.05, 3.63) is 0 Å². The van der Waals surface area contributed by atoms with Crippen LogP contribution in [0.4, 0.5) is 4.79 Å². The predicted molar refractivity (Wildman–Crippen MR) is 49.4 cm³/mol. The number of esters is 1. The van der Waals surface area contributed by atoms with Gasteiger partial charge in [0.15, 0.2) is 0 Å². The van der Waals surface area contributed by atoms with E-state index in [0.29, 0.717) is 4.48 Å². The van der Waals surface area contributed by atoms with Crippen molar-refractivity contribution >= 4 is 12.1 Å². The van der Waals surface area contributed by atoms with Gasteiger partial charge in [-0.2, -0.15) is 0 Å². The van der Waals surface area contributed by atoms with Crippen LogP contribution in [0.3, 0.4) is 0 Å². The Balaban J connectivity index is 3.62. The van der Waals surface area contributed by atoms with Crippen molar-refractivity contribution in [3.63, 3.8) is 0 Å². The zero-order valence-corrected chi connectivity index (χ0v) is 8.99. The van der Waals surface area contributed by atoms with Gasteiger partial charge in [0.25, 0.3) is 0 Å². The van der Waals surface area contributed by atoms with Gasteiger partial charge in [-0.05, 0) is 0 Å². The molecule has 0 aliphatic carbocycles. The molecule has 0 bridgehead atoms. The molecule has 0 aliphatic rings. The van der Waals surface area contributed by atoms with Crippen molar-refractivity contribution < 1.29 is 23.5 Å². The summed E-state index contributed by atoms with van der Waals surface area (Å²) in [5.74, 6) is -0.507. The molecule has 6 heteroatoms. The Labute approximate surface area is 83.4 Å². The molecule has 0 saturated carbocycles. The highest BCUT2D eigenvalue weighted by molar-refractivity contribution is 5.77. The van der Waals surface area contributed by atoms with E-state index >= 15 is 0 Å². The molecule has 0 aromatic carbocycles. The van der Waals surface area contributed by atoms with Gasteiger partial charge in [-0.1, -0.05) is 0 Å². The molecule has 1 N–H and O–H groups in total. The van der Waals surface area contributed by atoms with E-state index in [1.54, 1.807) is 0 Å². The van der Waals surface area contributed by atoms with Crippen LogP contribution in [-0.2, 0) is 14.3 Å². The highest BCUT2D eigenvalue weighted by Gasteiger charge is 2.11. The minimum absolute atomic E-state index is 0.174. The molecule has 1 amide bonds. The number of nitrogens with zero attached hydrogens (tertiary/aromatic N) is 1. The number of nitrogens with one attached hydrogen (secondary N) is 1. The largest absolute Gasteiger partial charge is 0.468 e. The van der Waals surface area contributed by atoms with Crippen molar-refractivity contribution in [2.45, 2.75) is 0 Å². The normalized spacial score (nSPS) is 10.6. The molecule has 0 atom stereocenters. The summed E-state index contributed by atoms with van der Waals surface area (Å²) in [6.45, 7) is 0.0689. The van der Waals surface area contributed by atoms with E-state index in [1.165, 1.54) is 7.11 Å². The number of quaternary nitrogens is 1. The molecule has 0 spiro atoms. The second kappa shape index (κ2) is 5.43. The Morgan fingerprint density at radius 2 is 1.86 bits per heavy atom. The number of hydrogen-bond donors (Lipinski definition) is 1. The van der Waals surface area contributed by atoms with E-state index in [9.17, 15) is 9.59 Å². The van der Waals surface area contributed by atoms with Crippen LogP contribution in [0.5, 0.6) is 0 Å². The minimum Gasteiger partial charge on any atom is -0.468 e. The van der Waals surface area contributed by atoms with Gasteiger partial charge in [0.2, 0.25) is 6.73 Å². The summed E-state index contributed by atoms with van der Waals surface area (Å²) in [5, 5.41) is 2.26. The number of rotatable bonds is 4. The third kappa shape index (κ3) is 7.35. The van der Waals surface area contributed by atoms with Gasteiger partial charge >= 0.3 is 12.1 Å². The Hall–Kier alpha value is -1.30. The minimum atomic E-state index is -0.622. The standard InChI is InChI=1S/C8H16N2O4/c1-10(2,3)6-14-8(12)9-5-7(11)13-4/h5-6H2,1-4H3/p+1. The Morgan fingerprint density at radius 1 is 1.29 bits per heavy atom. The molecule has 0 aromatic heterocycles. The topological polar surface area (TPSA) is 64.6 Å². The predicted octanol–water partition coefficient (Wildman–Crippen LogP) is -0.451. The van der Waals surface area contributed by atoms with Crippen LogP contribution in [0.2, 0.25) is 0 Å². The number of amides is 1. The van der Waals surface area contributed by atoms with E-state index < -0.39 is 12.1 Å². The van der Waals surface area contributed by atoms with Crippen LogP contribution in [0.1, 0.15) is 0 Å². The molecule has 14 heavy (non-hydrogen) atoms. The lowest BCUT2D eigenvalue weighted by molar-refractivity contribution is -0.887. The summed E-state index contributed by atoms with van der Waals surface area (Å²) in [5.41, 5.74) is 0. The third-order valence-electron chi connectivity index (χ3n) is 1.19. The van der Waals surface area contributed by atoms with Gasteiger partial charge < -0.3 is 14.8 Å². The summed E-state index contributed by atoms with van der Waals surface area (Å²) < 4.78 is 9.65. The molecule has 0 heterocycles.